The zero-order valence-electron chi connectivity index (χ0n) is 10.5. The number of para-hydroxylation sites is 1. The Kier molecular flexibility index (Phi) is 4.53. The van der Waals surface area contributed by atoms with Crippen LogP contribution in [0, 0.1) is 11.6 Å². The van der Waals surface area contributed by atoms with Crippen LogP contribution in [-0.4, -0.2) is 6.54 Å². The van der Waals surface area contributed by atoms with Gasteiger partial charge in [0.05, 0.1) is 0 Å². The second-order valence-corrected chi connectivity index (χ2v) is 4.68. The maximum Gasteiger partial charge on any atom is 0.150 e. The van der Waals surface area contributed by atoms with Crippen molar-refractivity contribution in [2.24, 2.45) is 0 Å². The second-order valence-electron chi connectivity index (χ2n) is 4.12. The van der Waals surface area contributed by atoms with Crippen molar-refractivity contribution in [2.75, 3.05) is 11.4 Å². The van der Waals surface area contributed by atoms with Crippen LogP contribution in [-0.2, 0) is 5.33 Å². The number of anilines is 2. The predicted molar refractivity (Wildman–Crippen MR) is 78.1 cm³/mol. The summed E-state index contributed by atoms with van der Waals surface area (Å²) in [5.74, 6) is -1.08. The minimum Gasteiger partial charge on any atom is -0.337 e. The molecule has 1 nitrogen and oxygen atoms in total. The van der Waals surface area contributed by atoms with E-state index >= 15 is 0 Å². The number of nitrogens with zero attached hydrogens (tertiary/aromatic N) is 1. The Balaban J connectivity index is 2.50. The van der Waals surface area contributed by atoms with E-state index in [0.717, 1.165) is 5.69 Å². The molecule has 0 unspecified atom stereocenters. The Hall–Kier alpha value is -1.42. The first-order valence-electron chi connectivity index (χ1n) is 6.03. The van der Waals surface area contributed by atoms with Crippen LogP contribution in [0.25, 0.3) is 0 Å². The first-order valence-corrected chi connectivity index (χ1v) is 7.16. The summed E-state index contributed by atoms with van der Waals surface area (Å²) in [5, 5.41) is 0.429. The van der Waals surface area contributed by atoms with E-state index in [-0.39, 0.29) is 5.69 Å². The third-order valence-electron chi connectivity index (χ3n) is 2.88. The van der Waals surface area contributed by atoms with Gasteiger partial charge in [0, 0.05) is 17.6 Å². The minimum absolute atomic E-state index is 0.00148. The monoisotopic (exact) mass is 325 g/mol. The maximum atomic E-state index is 14.1. The largest absolute Gasteiger partial charge is 0.337 e. The number of alkyl halides is 1. The quantitative estimate of drug-likeness (QED) is 0.713. The molecule has 0 saturated carbocycles. The molecule has 0 aliphatic heterocycles. The number of rotatable bonds is 4. The van der Waals surface area contributed by atoms with Crippen LogP contribution in [0.15, 0.2) is 42.5 Å². The van der Waals surface area contributed by atoms with E-state index in [1.54, 1.807) is 4.90 Å². The Labute approximate surface area is 120 Å². The standard InChI is InChI=1S/C15H14BrF2N/c1-2-19(12-6-4-3-5-7-12)15-13(17)8-11(10-16)9-14(15)18/h3-9H,2,10H2,1H3. The van der Waals surface area contributed by atoms with Gasteiger partial charge in [-0.25, -0.2) is 8.78 Å². The molecule has 0 radical (unpaired) electrons. The molecule has 19 heavy (non-hydrogen) atoms. The van der Waals surface area contributed by atoms with Gasteiger partial charge in [0.15, 0.2) is 0 Å². The molecular formula is C15H14BrF2N. The van der Waals surface area contributed by atoms with Crippen molar-refractivity contribution in [3.05, 3.63) is 59.7 Å². The molecule has 0 aliphatic rings. The Bertz CT molecular complexity index is 534. The molecular weight excluding hydrogens is 312 g/mol. The highest BCUT2D eigenvalue weighted by molar-refractivity contribution is 9.08. The van der Waals surface area contributed by atoms with E-state index in [1.807, 2.05) is 37.3 Å². The van der Waals surface area contributed by atoms with Gasteiger partial charge in [-0.05, 0) is 36.8 Å². The van der Waals surface area contributed by atoms with Crippen LogP contribution in [0.1, 0.15) is 12.5 Å². The average molecular weight is 326 g/mol. The molecule has 0 aromatic heterocycles. The Morgan fingerprint density at radius 1 is 1.05 bits per heavy atom. The van der Waals surface area contributed by atoms with Gasteiger partial charge in [-0.2, -0.15) is 0 Å². The van der Waals surface area contributed by atoms with Crippen molar-refractivity contribution >= 4 is 27.3 Å². The van der Waals surface area contributed by atoms with Gasteiger partial charge < -0.3 is 4.90 Å². The van der Waals surface area contributed by atoms with E-state index in [1.165, 1.54) is 12.1 Å². The van der Waals surface area contributed by atoms with Gasteiger partial charge in [0.25, 0.3) is 0 Å². The van der Waals surface area contributed by atoms with Crippen molar-refractivity contribution in [1.29, 1.82) is 0 Å². The highest BCUT2D eigenvalue weighted by Crippen LogP contribution is 2.31. The fourth-order valence-corrected chi connectivity index (χ4v) is 2.35. The second kappa shape index (κ2) is 6.15. The zero-order valence-corrected chi connectivity index (χ0v) is 12.1. The fourth-order valence-electron chi connectivity index (χ4n) is 2.03. The number of halogens is 3. The van der Waals surface area contributed by atoms with E-state index in [2.05, 4.69) is 15.9 Å². The number of hydrogen-bond donors (Lipinski definition) is 0. The first-order chi connectivity index (χ1) is 9.17. The lowest BCUT2D eigenvalue weighted by atomic mass is 10.1. The summed E-state index contributed by atoms with van der Waals surface area (Å²) in [6.45, 7) is 2.36. The lowest BCUT2D eigenvalue weighted by Crippen LogP contribution is -2.19. The lowest BCUT2D eigenvalue weighted by Gasteiger charge is -2.24. The Morgan fingerprint density at radius 2 is 1.63 bits per heavy atom. The summed E-state index contributed by atoms with van der Waals surface area (Å²) in [6, 6.07) is 12.0. The third kappa shape index (κ3) is 2.95. The van der Waals surface area contributed by atoms with Gasteiger partial charge in [0.1, 0.15) is 17.3 Å². The van der Waals surface area contributed by atoms with Crippen molar-refractivity contribution in [2.45, 2.75) is 12.3 Å². The SMILES string of the molecule is CCN(c1ccccc1)c1c(F)cc(CBr)cc1F. The van der Waals surface area contributed by atoms with Crippen LogP contribution in [0.5, 0.6) is 0 Å². The number of hydrogen-bond acceptors (Lipinski definition) is 1. The molecule has 0 amide bonds. The molecule has 0 fully saturated rings. The highest BCUT2D eigenvalue weighted by Gasteiger charge is 2.18. The van der Waals surface area contributed by atoms with Gasteiger partial charge in [0.2, 0.25) is 0 Å². The van der Waals surface area contributed by atoms with E-state index in [4.69, 9.17) is 0 Å². The van der Waals surface area contributed by atoms with E-state index < -0.39 is 11.6 Å². The highest BCUT2D eigenvalue weighted by atomic mass is 79.9. The summed E-state index contributed by atoms with van der Waals surface area (Å²) in [5.41, 5.74) is 1.36. The summed E-state index contributed by atoms with van der Waals surface area (Å²) >= 11 is 3.20. The summed E-state index contributed by atoms with van der Waals surface area (Å²) in [6.07, 6.45) is 0. The van der Waals surface area contributed by atoms with Crippen LogP contribution in [0.2, 0.25) is 0 Å². The molecule has 2 aromatic carbocycles. The molecule has 0 spiro atoms. The van der Waals surface area contributed by atoms with Crippen LogP contribution < -0.4 is 4.90 Å². The average Bonchev–Trinajstić information content (AvgIpc) is 2.43. The molecule has 0 aliphatic carbocycles. The molecule has 0 heterocycles. The van der Waals surface area contributed by atoms with Crippen LogP contribution >= 0.6 is 15.9 Å². The van der Waals surface area contributed by atoms with Gasteiger partial charge in [-0.15, -0.1) is 0 Å². The molecule has 2 rings (SSSR count). The fraction of sp³-hybridized carbons (Fsp3) is 0.200. The topological polar surface area (TPSA) is 3.24 Å². The predicted octanol–water partition coefficient (Wildman–Crippen LogP) is 5.02. The van der Waals surface area contributed by atoms with Crippen molar-refractivity contribution in [3.8, 4) is 0 Å². The minimum atomic E-state index is -0.542. The van der Waals surface area contributed by atoms with Gasteiger partial charge in [-0.1, -0.05) is 34.1 Å². The van der Waals surface area contributed by atoms with Gasteiger partial charge >= 0.3 is 0 Å². The molecule has 0 N–H and O–H groups in total. The molecule has 0 atom stereocenters. The molecule has 2 aromatic rings. The molecule has 100 valence electrons. The normalized spacial score (nSPS) is 10.5. The molecule has 0 bridgehead atoms. The molecule has 0 saturated heterocycles. The Morgan fingerprint density at radius 3 is 2.11 bits per heavy atom. The lowest BCUT2D eigenvalue weighted by molar-refractivity contribution is 0.579. The zero-order chi connectivity index (χ0) is 13.8. The van der Waals surface area contributed by atoms with Crippen LogP contribution in [0.4, 0.5) is 20.2 Å². The van der Waals surface area contributed by atoms with E-state index in [0.29, 0.717) is 17.4 Å². The van der Waals surface area contributed by atoms with Crippen molar-refractivity contribution < 1.29 is 8.78 Å². The van der Waals surface area contributed by atoms with Crippen LogP contribution in [0.3, 0.4) is 0 Å². The number of benzene rings is 2. The first kappa shape index (κ1) is 14.0. The smallest absolute Gasteiger partial charge is 0.150 e. The van der Waals surface area contributed by atoms with E-state index in [9.17, 15) is 8.78 Å². The summed E-state index contributed by atoms with van der Waals surface area (Å²) in [4.78, 5) is 1.63. The van der Waals surface area contributed by atoms with Crippen molar-refractivity contribution in [3.63, 3.8) is 0 Å². The summed E-state index contributed by atoms with van der Waals surface area (Å²) < 4.78 is 28.2. The summed E-state index contributed by atoms with van der Waals surface area (Å²) in [7, 11) is 0. The van der Waals surface area contributed by atoms with Crippen molar-refractivity contribution in [1.82, 2.24) is 0 Å². The molecule has 4 heteroatoms. The third-order valence-corrected chi connectivity index (χ3v) is 3.53. The maximum absolute atomic E-state index is 14.1. The van der Waals surface area contributed by atoms with Gasteiger partial charge in [-0.3, -0.25) is 0 Å².